The lowest BCUT2D eigenvalue weighted by Crippen LogP contribution is -2.34. The summed E-state index contributed by atoms with van der Waals surface area (Å²) in [6, 6.07) is 7.17. The molecule has 6 nitrogen and oxygen atoms in total. The zero-order chi connectivity index (χ0) is 20.0. The van der Waals surface area contributed by atoms with Gasteiger partial charge in [0.15, 0.2) is 5.65 Å². The van der Waals surface area contributed by atoms with Crippen molar-refractivity contribution in [2.45, 2.75) is 43.8 Å². The molecule has 1 N–H and O–H groups in total. The molecule has 8 heteroatoms. The van der Waals surface area contributed by atoms with Gasteiger partial charge >= 0.3 is 0 Å². The van der Waals surface area contributed by atoms with Crippen LogP contribution < -0.4 is 10.5 Å². The van der Waals surface area contributed by atoms with Gasteiger partial charge in [-0.05, 0) is 38.5 Å². The number of anilines is 1. The first-order chi connectivity index (χ1) is 13.3. The number of H-pyrrole nitrogens is 1. The molecule has 1 atom stereocenters. The number of carbonyl (C=O) groups is 1. The molecule has 1 amide bonds. The third-order valence-electron chi connectivity index (χ3n) is 5.13. The SMILES string of the molecule is Cc1nc2cc(=O)[nH]n2c(C)c1CC(=O)N1CCC(C)Sc2ccc(Cl)cc21. The van der Waals surface area contributed by atoms with Gasteiger partial charge in [-0.1, -0.05) is 18.5 Å². The minimum absolute atomic E-state index is 0.0000646. The van der Waals surface area contributed by atoms with E-state index in [1.807, 2.05) is 36.9 Å². The van der Waals surface area contributed by atoms with E-state index in [9.17, 15) is 9.59 Å². The number of aromatic nitrogens is 3. The van der Waals surface area contributed by atoms with Crippen LogP contribution in [0, 0.1) is 13.8 Å². The number of aromatic amines is 1. The molecule has 0 fully saturated rings. The Morgan fingerprint density at radius 3 is 2.93 bits per heavy atom. The molecule has 1 aromatic carbocycles. The standard InChI is InChI=1S/C20H21ClN4O2S/c1-11-6-7-24(16-8-14(21)4-5-17(16)28-11)20(27)9-15-12(2)22-18-10-19(26)23-25(18)13(15)3/h4-5,8,10-11H,6-7,9H2,1-3H3,(H,23,26). The number of thioether (sulfide) groups is 1. The van der Waals surface area contributed by atoms with E-state index in [1.165, 1.54) is 6.07 Å². The van der Waals surface area contributed by atoms with Crippen LogP contribution in [0.2, 0.25) is 5.02 Å². The van der Waals surface area contributed by atoms with Gasteiger partial charge < -0.3 is 4.90 Å². The molecule has 0 radical (unpaired) electrons. The quantitative estimate of drug-likeness (QED) is 0.690. The fourth-order valence-electron chi connectivity index (χ4n) is 3.63. The first kappa shape index (κ1) is 19.1. The number of rotatable bonds is 2. The first-order valence-electron chi connectivity index (χ1n) is 9.18. The van der Waals surface area contributed by atoms with Crippen molar-refractivity contribution in [1.82, 2.24) is 14.6 Å². The maximum atomic E-state index is 13.3. The summed E-state index contributed by atoms with van der Waals surface area (Å²) in [6.07, 6.45) is 1.12. The Morgan fingerprint density at radius 1 is 1.36 bits per heavy atom. The molecule has 3 aromatic rings. The molecule has 0 aliphatic carbocycles. The number of hydrogen-bond donors (Lipinski definition) is 1. The van der Waals surface area contributed by atoms with Gasteiger partial charge in [-0.3, -0.25) is 14.7 Å². The van der Waals surface area contributed by atoms with Gasteiger partial charge in [0.25, 0.3) is 5.56 Å². The monoisotopic (exact) mass is 416 g/mol. The highest BCUT2D eigenvalue weighted by atomic mass is 35.5. The summed E-state index contributed by atoms with van der Waals surface area (Å²) in [7, 11) is 0. The summed E-state index contributed by atoms with van der Waals surface area (Å²) in [5.74, 6) is 0.0000646. The van der Waals surface area contributed by atoms with Crippen LogP contribution in [0.15, 0.2) is 34.0 Å². The van der Waals surface area contributed by atoms with Crippen LogP contribution in [0.1, 0.15) is 30.3 Å². The molecule has 0 spiro atoms. The average molecular weight is 417 g/mol. The predicted molar refractivity (Wildman–Crippen MR) is 113 cm³/mol. The number of carbonyl (C=O) groups excluding carboxylic acids is 1. The van der Waals surface area contributed by atoms with Crippen molar-refractivity contribution in [1.29, 1.82) is 0 Å². The number of halogens is 1. The van der Waals surface area contributed by atoms with Crippen molar-refractivity contribution in [2.24, 2.45) is 0 Å². The van der Waals surface area contributed by atoms with Crippen LogP contribution in [0.25, 0.3) is 5.65 Å². The van der Waals surface area contributed by atoms with Crippen molar-refractivity contribution in [3.63, 3.8) is 0 Å². The molecule has 28 heavy (non-hydrogen) atoms. The Hall–Kier alpha value is -2.25. The van der Waals surface area contributed by atoms with E-state index in [0.717, 1.165) is 34.0 Å². The number of nitrogens with one attached hydrogen (secondary N) is 1. The van der Waals surface area contributed by atoms with E-state index < -0.39 is 0 Å². The van der Waals surface area contributed by atoms with E-state index in [1.54, 1.807) is 16.3 Å². The summed E-state index contributed by atoms with van der Waals surface area (Å²) >= 11 is 7.99. The third kappa shape index (κ3) is 3.44. The molecule has 2 aromatic heterocycles. The van der Waals surface area contributed by atoms with E-state index in [0.29, 0.717) is 22.5 Å². The van der Waals surface area contributed by atoms with Gasteiger partial charge in [-0.2, -0.15) is 0 Å². The number of amides is 1. The smallest absolute Gasteiger partial charge is 0.266 e. The molecule has 0 saturated heterocycles. The topological polar surface area (TPSA) is 70.5 Å². The fraction of sp³-hybridized carbons (Fsp3) is 0.350. The van der Waals surface area contributed by atoms with Crippen molar-refractivity contribution in [2.75, 3.05) is 11.4 Å². The molecule has 0 saturated carbocycles. The second-order valence-electron chi connectivity index (χ2n) is 7.13. The lowest BCUT2D eigenvalue weighted by Gasteiger charge is -2.23. The number of nitrogens with zero attached hydrogens (tertiary/aromatic N) is 3. The van der Waals surface area contributed by atoms with Gasteiger partial charge in [0.2, 0.25) is 5.91 Å². The molecule has 146 valence electrons. The number of hydrogen-bond acceptors (Lipinski definition) is 4. The lowest BCUT2D eigenvalue weighted by atomic mass is 10.1. The summed E-state index contributed by atoms with van der Waals surface area (Å²) in [4.78, 5) is 32.4. The summed E-state index contributed by atoms with van der Waals surface area (Å²) < 4.78 is 1.64. The normalized spacial score (nSPS) is 16.9. The zero-order valence-corrected chi connectivity index (χ0v) is 17.5. The van der Waals surface area contributed by atoms with Crippen LogP contribution in [0.4, 0.5) is 5.69 Å². The molecule has 3 heterocycles. The molecule has 4 rings (SSSR count). The van der Waals surface area contributed by atoms with E-state index in [2.05, 4.69) is 17.0 Å². The van der Waals surface area contributed by atoms with Gasteiger partial charge in [-0.15, -0.1) is 11.8 Å². The zero-order valence-electron chi connectivity index (χ0n) is 16.0. The minimum Gasteiger partial charge on any atom is -0.311 e. The highest BCUT2D eigenvalue weighted by molar-refractivity contribution is 8.00. The fourth-order valence-corrected chi connectivity index (χ4v) is 4.88. The third-order valence-corrected chi connectivity index (χ3v) is 6.60. The van der Waals surface area contributed by atoms with Gasteiger partial charge in [-0.25, -0.2) is 9.50 Å². The van der Waals surface area contributed by atoms with Gasteiger partial charge in [0.05, 0.1) is 12.1 Å². The van der Waals surface area contributed by atoms with Crippen LogP contribution in [0.3, 0.4) is 0 Å². The molecule has 1 aliphatic heterocycles. The Labute approximate surface area is 171 Å². The van der Waals surface area contributed by atoms with E-state index in [4.69, 9.17) is 11.6 Å². The number of aryl methyl sites for hydroxylation is 2. The Morgan fingerprint density at radius 2 is 2.14 bits per heavy atom. The van der Waals surface area contributed by atoms with Crippen LogP contribution in [-0.2, 0) is 11.2 Å². The Balaban J connectivity index is 1.72. The van der Waals surface area contributed by atoms with Crippen LogP contribution in [-0.4, -0.2) is 32.3 Å². The molecule has 1 aliphatic rings. The van der Waals surface area contributed by atoms with E-state index >= 15 is 0 Å². The molecular weight excluding hydrogens is 396 g/mol. The van der Waals surface area contributed by atoms with Crippen molar-refractivity contribution >= 4 is 40.6 Å². The Kier molecular flexibility index (Phi) is 4.97. The first-order valence-corrected chi connectivity index (χ1v) is 10.4. The van der Waals surface area contributed by atoms with Crippen LogP contribution >= 0.6 is 23.4 Å². The number of fused-ring (bicyclic) bond motifs is 2. The van der Waals surface area contributed by atoms with Gasteiger partial charge in [0, 0.05) is 44.7 Å². The predicted octanol–water partition coefficient (Wildman–Crippen LogP) is 3.75. The average Bonchev–Trinajstić information content (AvgIpc) is 2.92. The summed E-state index contributed by atoms with van der Waals surface area (Å²) in [5, 5.41) is 3.78. The van der Waals surface area contributed by atoms with Crippen molar-refractivity contribution in [3.05, 3.63) is 56.6 Å². The second kappa shape index (κ2) is 7.29. The Bertz CT molecular complexity index is 1140. The molecule has 0 bridgehead atoms. The van der Waals surface area contributed by atoms with Crippen molar-refractivity contribution < 1.29 is 4.79 Å². The van der Waals surface area contributed by atoms with Crippen molar-refractivity contribution in [3.8, 4) is 0 Å². The highest BCUT2D eigenvalue weighted by Crippen LogP contribution is 2.39. The van der Waals surface area contributed by atoms with E-state index in [-0.39, 0.29) is 17.9 Å². The summed E-state index contributed by atoms with van der Waals surface area (Å²) in [5.41, 5.74) is 3.63. The largest absolute Gasteiger partial charge is 0.311 e. The van der Waals surface area contributed by atoms with Crippen LogP contribution in [0.5, 0.6) is 0 Å². The molecular formula is C20H21ClN4O2S. The van der Waals surface area contributed by atoms with Gasteiger partial charge in [0.1, 0.15) is 0 Å². The highest BCUT2D eigenvalue weighted by Gasteiger charge is 2.26. The lowest BCUT2D eigenvalue weighted by molar-refractivity contribution is -0.118. The summed E-state index contributed by atoms with van der Waals surface area (Å²) in [6.45, 7) is 6.59. The maximum Gasteiger partial charge on any atom is 0.266 e. The minimum atomic E-state index is -0.208. The second-order valence-corrected chi connectivity index (χ2v) is 9.04. The number of benzene rings is 1. The molecule has 1 unspecified atom stereocenters. The maximum absolute atomic E-state index is 13.3.